The number of nitrogens with zero attached hydrogens (tertiary/aromatic N) is 2. The lowest BCUT2D eigenvalue weighted by Gasteiger charge is -2.11. The molecule has 0 aliphatic carbocycles. The van der Waals surface area contributed by atoms with E-state index in [1.807, 2.05) is 52.0 Å². The third-order valence-corrected chi connectivity index (χ3v) is 3.63. The first-order valence-corrected chi connectivity index (χ1v) is 6.86. The van der Waals surface area contributed by atoms with Crippen LogP contribution in [0.25, 0.3) is 11.1 Å². The molecule has 0 aromatic heterocycles. The van der Waals surface area contributed by atoms with Crippen molar-refractivity contribution >= 4 is 23.5 Å². The molecule has 0 aliphatic heterocycles. The van der Waals surface area contributed by atoms with Gasteiger partial charge in [0.25, 0.3) is 0 Å². The maximum atomic E-state index is 10.5. The van der Waals surface area contributed by atoms with Crippen LogP contribution in [0.15, 0.2) is 34.3 Å². The zero-order valence-corrected chi connectivity index (χ0v) is 13.0. The van der Waals surface area contributed by atoms with Gasteiger partial charge in [-0.15, -0.1) is 0 Å². The molecule has 2 aromatic carbocycles. The molecule has 2 rings (SSSR count). The molecule has 4 nitrogen and oxygen atoms in total. The summed E-state index contributed by atoms with van der Waals surface area (Å²) in [5.41, 5.74) is 7.07. The summed E-state index contributed by atoms with van der Waals surface area (Å²) in [6.45, 7) is 7.66. The maximum Gasteiger partial charge on any atom is 0.240 e. The van der Waals surface area contributed by atoms with Gasteiger partial charge in [-0.1, -0.05) is 0 Å². The van der Waals surface area contributed by atoms with Crippen molar-refractivity contribution in [2.45, 2.75) is 27.7 Å². The summed E-state index contributed by atoms with van der Waals surface area (Å²) in [7, 11) is 0. The molecule has 0 bridgehead atoms. The van der Waals surface area contributed by atoms with Gasteiger partial charge in [-0.3, -0.25) is 0 Å². The van der Waals surface area contributed by atoms with Crippen LogP contribution in [0.4, 0.5) is 11.4 Å². The van der Waals surface area contributed by atoms with Crippen LogP contribution in [0.5, 0.6) is 0 Å². The molecule has 4 heteroatoms. The lowest BCUT2D eigenvalue weighted by molar-refractivity contribution is 0.564. The summed E-state index contributed by atoms with van der Waals surface area (Å²) in [4.78, 5) is 28.5. The predicted molar refractivity (Wildman–Crippen MR) is 86.4 cm³/mol. The van der Waals surface area contributed by atoms with Gasteiger partial charge in [0.2, 0.25) is 12.2 Å². The standard InChI is InChI=1S/C18H16N2O2/c1-11-5-15(6-12(2)17(11)19-9-21)16-7-13(3)18(20-10-22)14(4)8-16/h5-8H,1-4H3. The van der Waals surface area contributed by atoms with Gasteiger partial charge >= 0.3 is 0 Å². The second kappa shape index (κ2) is 6.31. The van der Waals surface area contributed by atoms with Gasteiger partial charge in [-0.05, 0) is 85.3 Å². The molecule has 110 valence electrons. The largest absolute Gasteiger partial charge is 0.240 e. The van der Waals surface area contributed by atoms with Crippen molar-refractivity contribution in [3.8, 4) is 11.1 Å². The van der Waals surface area contributed by atoms with Crippen LogP contribution in [0.3, 0.4) is 0 Å². The van der Waals surface area contributed by atoms with Crippen molar-refractivity contribution in [3.63, 3.8) is 0 Å². The molecular formula is C18H16N2O2. The van der Waals surface area contributed by atoms with Crippen molar-refractivity contribution in [2.75, 3.05) is 0 Å². The maximum absolute atomic E-state index is 10.5. The molecular weight excluding hydrogens is 276 g/mol. The van der Waals surface area contributed by atoms with E-state index in [1.54, 1.807) is 12.2 Å². The Kier molecular flexibility index (Phi) is 4.47. The number of rotatable bonds is 3. The number of aryl methyl sites for hydroxylation is 4. The van der Waals surface area contributed by atoms with Gasteiger partial charge < -0.3 is 0 Å². The van der Waals surface area contributed by atoms with E-state index in [0.717, 1.165) is 33.4 Å². The Morgan fingerprint density at radius 3 is 1.14 bits per heavy atom. The SMILES string of the molecule is Cc1cc(-c2cc(C)c(N=C=O)c(C)c2)cc(C)c1N=C=O. The Labute approximate surface area is 129 Å². The Balaban J connectivity index is 2.63. The van der Waals surface area contributed by atoms with E-state index < -0.39 is 0 Å². The van der Waals surface area contributed by atoms with Gasteiger partial charge in [-0.2, -0.15) is 9.98 Å². The van der Waals surface area contributed by atoms with Crippen LogP contribution in [-0.2, 0) is 9.59 Å². The molecule has 0 N–H and O–H groups in total. The Hall–Kier alpha value is -2.80. The Morgan fingerprint density at radius 2 is 0.909 bits per heavy atom. The molecule has 0 unspecified atom stereocenters. The van der Waals surface area contributed by atoms with Crippen molar-refractivity contribution in [1.29, 1.82) is 0 Å². The van der Waals surface area contributed by atoms with Crippen molar-refractivity contribution < 1.29 is 9.59 Å². The first-order valence-electron chi connectivity index (χ1n) is 6.86. The average molecular weight is 292 g/mol. The topological polar surface area (TPSA) is 58.9 Å². The van der Waals surface area contributed by atoms with Gasteiger partial charge in [0, 0.05) is 0 Å². The average Bonchev–Trinajstić information content (AvgIpc) is 2.46. The van der Waals surface area contributed by atoms with E-state index >= 15 is 0 Å². The molecule has 0 radical (unpaired) electrons. The number of benzene rings is 2. The fourth-order valence-corrected chi connectivity index (χ4v) is 2.69. The van der Waals surface area contributed by atoms with Crippen molar-refractivity contribution in [3.05, 3.63) is 46.5 Å². The highest BCUT2D eigenvalue weighted by Crippen LogP contribution is 2.34. The molecule has 0 fully saturated rings. The highest BCUT2D eigenvalue weighted by Gasteiger charge is 2.09. The molecule has 0 amide bonds. The molecule has 0 aliphatic rings. The molecule has 2 aromatic rings. The summed E-state index contributed by atoms with van der Waals surface area (Å²) in [6, 6.07) is 7.94. The normalized spacial score (nSPS) is 9.82. The minimum absolute atomic E-state index is 0.661. The van der Waals surface area contributed by atoms with E-state index in [4.69, 9.17) is 0 Å². The number of isocyanates is 2. The van der Waals surface area contributed by atoms with Crippen LogP contribution in [0.1, 0.15) is 22.3 Å². The van der Waals surface area contributed by atoms with Crippen molar-refractivity contribution in [2.24, 2.45) is 9.98 Å². The Morgan fingerprint density at radius 1 is 0.636 bits per heavy atom. The van der Waals surface area contributed by atoms with E-state index in [-0.39, 0.29) is 0 Å². The summed E-state index contributed by atoms with van der Waals surface area (Å²) >= 11 is 0. The second-order valence-corrected chi connectivity index (χ2v) is 5.32. The van der Waals surface area contributed by atoms with E-state index in [0.29, 0.717) is 11.4 Å². The Bertz CT molecular complexity index is 723. The van der Waals surface area contributed by atoms with Crippen LogP contribution >= 0.6 is 0 Å². The zero-order valence-electron chi connectivity index (χ0n) is 13.0. The first-order chi connectivity index (χ1) is 10.5. The van der Waals surface area contributed by atoms with E-state index in [2.05, 4.69) is 9.98 Å². The molecule has 0 heterocycles. The monoisotopic (exact) mass is 292 g/mol. The summed E-state index contributed by atoms with van der Waals surface area (Å²) < 4.78 is 0. The lowest BCUT2D eigenvalue weighted by atomic mass is 9.95. The summed E-state index contributed by atoms with van der Waals surface area (Å²) in [6.07, 6.45) is 3.18. The minimum atomic E-state index is 0.661. The van der Waals surface area contributed by atoms with Gasteiger partial charge in [0.1, 0.15) is 0 Å². The van der Waals surface area contributed by atoms with E-state index in [9.17, 15) is 9.59 Å². The molecule has 0 saturated carbocycles. The molecule has 0 spiro atoms. The lowest BCUT2D eigenvalue weighted by Crippen LogP contribution is -1.88. The second-order valence-electron chi connectivity index (χ2n) is 5.32. The smallest absolute Gasteiger partial charge is 0.211 e. The van der Waals surface area contributed by atoms with E-state index in [1.165, 1.54) is 0 Å². The fourth-order valence-electron chi connectivity index (χ4n) is 2.69. The van der Waals surface area contributed by atoms with Crippen LogP contribution in [0, 0.1) is 27.7 Å². The van der Waals surface area contributed by atoms with Crippen LogP contribution in [0.2, 0.25) is 0 Å². The quantitative estimate of drug-likeness (QED) is 0.616. The molecule has 0 saturated heterocycles. The number of hydrogen-bond donors (Lipinski definition) is 0. The van der Waals surface area contributed by atoms with Gasteiger partial charge in [0.05, 0.1) is 11.4 Å². The predicted octanol–water partition coefficient (Wildman–Crippen LogP) is 4.52. The molecule has 0 atom stereocenters. The molecule has 22 heavy (non-hydrogen) atoms. The first kappa shape index (κ1) is 15.6. The fraction of sp³-hybridized carbons (Fsp3) is 0.222. The van der Waals surface area contributed by atoms with Crippen LogP contribution in [-0.4, -0.2) is 12.2 Å². The minimum Gasteiger partial charge on any atom is -0.211 e. The van der Waals surface area contributed by atoms with Gasteiger partial charge in [-0.25, -0.2) is 9.59 Å². The van der Waals surface area contributed by atoms with Crippen LogP contribution < -0.4 is 0 Å². The summed E-state index contributed by atoms with van der Waals surface area (Å²) in [5.74, 6) is 0. The highest BCUT2D eigenvalue weighted by atomic mass is 16.1. The van der Waals surface area contributed by atoms with Crippen molar-refractivity contribution in [1.82, 2.24) is 0 Å². The summed E-state index contributed by atoms with van der Waals surface area (Å²) in [5, 5.41) is 0. The third-order valence-electron chi connectivity index (χ3n) is 3.63. The van der Waals surface area contributed by atoms with Gasteiger partial charge in [0.15, 0.2) is 0 Å². The zero-order chi connectivity index (χ0) is 16.3. The highest BCUT2D eigenvalue weighted by molar-refractivity contribution is 5.74. The third kappa shape index (κ3) is 2.94. The number of aliphatic imine (C=N–C) groups is 2. The number of hydrogen-bond acceptors (Lipinski definition) is 4. The number of carbonyl (C=O) groups excluding carboxylic acids is 2.